The van der Waals surface area contributed by atoms with E-state index in [0.29, 0.717) is 10.8 Å². The Bertz CT molecular complexity index is 921. The fourth-order valence-corrected chi connectivity index (χ4v) is 2.76. The molecule has 0 radical (unpaired) electrons. The van der Waals surface area contributed by atoms with Gasteiger partial charge in [0, 0.05) is 17.1 Å². The van der Waals surface area contributed by atoms with Crippen LogP contribution in [0.1, 0.15) is 23.0 Å². The lowest BCUT2D eigenvalue weighted by molar-refractivity contribution is -0.137. The first kappa shape index (κ1) is 17.9. The SMILES string of the molecule is CCOC(=O)c1cc(-c2csc(Nc3cccc(C(F)(F)F)c3)n2)on1. The van der Waals surface area contributed by atoms with Crippen molar-refractivity contribution in [3.63, 3.8) is 0 Å². The fraction of sp³-hybridized carbons (Fsp3) is 0.188. The van der Waals surface area contributed by atoms with E-state index in [1.165, 1.54) is 29.5 Å². The number of rotatable bonds is 5. The maximum atomic E-state index is 12.8. The van der Waals surface area contributed by atoms with Crippen molar-refractivity contribution in [2.24, 2.45) is 0 Å². The van der Waals surface area contributed by atoms with Gasteiger partial charge in [0.05, 0.1) is 12.2 Å². The van der Waals surface area contributed by atoms with Crippen molar-refractivity contribution in [2.45, 2.75) is 13.1 Å². The van der Waals surface area contributed by atoms with Crippen LogP contribution in [-0.2, 0) is 10.9 Å². The summed E-state index contributed by atoms with van der Waals surface area (Å²) in [5.74, 6) is -0.360. The smallest absolute Gasteiger partial charge is 0.416 e. The van der Waals surface area contributed by atoms with E-state index >= 15 is 0 Å². The second-order valence-corrected chi connectivity index (χ2v) is 5.90. The van der Waals surface area contributed by atoms with Crippen LogP contribution in [0.3, 0.4) is 0 Å². The molecule has 0 aliphatic carbocycles. The lowest BCUT2D eigenvalue weighted by atomic mass is 10.2. The number of esters is 1. The molecule has 26 heavy (non-hydrogen) atoms. The van der Waals surface area contributed by atoms with Crippen molar-refractivity contribution >= 4 is 28.1 Å². The van der Waals surface area contributed by atoms with Crippen LogP contribution in [0.25, 0.3) is 11.5 Å². The molecular weight excluding hydrogens is 371 g/mol. The largest absolute Gasteiger partial charge is 0.461 e. The second kappa shape index (κ2) is 7.16. The van der Waals surface area contributed by atoms with Crippen LogP contribution in [0.2, 0.25) is 0 Å². The van der Waals surface area contributed by atoms with Gasteiger partial charge >= 0.3 is 12.1 Å². The molecule has 0 unspecified atom stereocenters. The Morgan fingerprint density at radius 3 is 2.88 bits per heavy atom. The number of carbonyl (C=O) groups is 1. The summed E-state index contributed by atoms with van der Waals surface area (Å²) in [4.78, 5) is 15.8. The molecule has 0 saturated heterocycles. The summed E-state index contributed by atoms with van der Waals surface area (Å²) < 4.78 is 48.1. The van der Waals surface area contributed by atoms with Crippen molar-refractivity contribution in [3.05, 3.63) is 47.0 Å². The van der Waals surface area contributed by atoms with Crippen molar-refractivity contribution in [2.75, 3.05) is 11.9 Å². The first-order valence-electron chi connectivity index (χ1n) is 7.41. The number of nitrogens with one attached hydrogen (secondary N) is 1. The Kier molecular flexibility index (Phi) is 4.94. The molecule has 3 aromatic rings. The summed E-state index contributed by atoms with van der Waals surface area (Å²) in [7, 11) is 0. The normalized spacial score (nSPS) is 11.4. The number of halogens is 3. The van der Waals surface area contributed by atoms with Gasteiger partial charge in [-0.25, -0.2) is 9.78 Å². The van der Waals surface area contributed by atoms with E-state index < -0.39 is 17.7 Å². The molecule has 0 aliphatic heterocycles. The summed E-state index contributed by atoms with van der Waals surface area (Å²) in [6, 6.07) is 6.19. The van der Waals surface area contributed by atoms with Crippen molar-refractivity contribution in [3.8, 4) is 11.5 Å². The number of hydrogen-bond acceptors (Lipinski definition) is 7. The van der Waals surface area contributed by atoms with Crippen LogP contribution < -0.4 is 5.32 Å². The van der Waals surface area contributed by atoms with Crippen molar-refractivity contribution in [1.29, 1.82) is 0 Å². The van der Waals surface area contributed by atoms with Gasteiger partial charge in [0.2, 0.25) is 0 Å². The molecule has 6 nitrogen and oxygen atoms in total. The summed E-state index contributed by atoms with van der Waals surface area (Å²) >= 11 is 1.17. The minimum atomic E-state index is -4.42. The van der Waals surface area contributed by atoms with E-state index in [2.05, 4.69) is 15.5 Å². The van der Waals surface area contributed by atoms with Gasteiger partial charge in [-0.3, -0.25) is 0 Å². The summed E-state index contributed by atoms with van der Waals surface area (Å²) in [5, 5.41) is 8.42. The number of carbonyl (C=O) groups excluding carboxylic acids is 1. The Labute approximate surface area is 149 Å². The van der Waals surface area contributed by atoms with Gasteiger partial charge in [0.1, 0.15) is 5.69 Å². The van der Waals surface area contributed by atoms with Crippen LogP contribution in [0.15, 0.2) is 40.2 Å². The highest BCUT2D eigenvalue weighted by molar-refractivity contribution is 7.14. The predicted molar refractivity (Wildman–Crippen MR) is 88.3 cm³/mol. The topological polar surface area (TPSA) is 77.2 Å². The van der Waals surface area contributed by atoms with Gasteiger partial charge < -0.3 is 14.6 Å². The third-order valence-electron chi connectivity index (χ3n) is 3.19. The first-order valence-corrected chi connectivity index (χ1v) is 8.29. The standard InChI is InChI=1S/C16H12F3N3O3S/c1-2-24-14(23)11-7-13(25-22-11)12-8-26-15(21-12)20-10-5-3-4-9(6-10)16(17,18)19/h3-8H,2H2,1H3,(H,20,21). The minimum absolute atomic E-state index is 0.0160. The number of benzene rings is 1. The molecule has 2 heterocycles. The van der Waals surface area contributed by atoms with Gasteiger partial charge in [-0.15, -0.1) is 11.3 Å². The van der Waals surface area contributed by atoms with E-state index in [4.69, 9.17) is 9.26 Å². The van der Waals surface area contributed by atoms with E-state index in [1.807, 2.05) is 0 Å². The van der Waals surface area contributed by atoms with Crippen molar-refractivity contribution in [1.82, 2.24) is 10.1 Å². The van der Waals surface area contributed by atoms with E-state index in [-0.39, 0.29) is 23.7 Å². The molecule has 0 atom stereocenters. The molecule has 1 N–H and O–H groups in total. The lowest BCUT2D eigenvalue weighted by Gasteiger charge is -2.08. The molecule has 136 valence electrons. The molecule has 0 bridgehead atoms. The number of ether oxygens (including phenoxy) is 1. The third-order valence-corrected chi connectivity index (χ3v) is 3.95. The zero-order chi connectivity index (χ0) is 18.7. The van der Waals surface area contributed by atoms with E-state index in [0.717, 1.165) is 12.1 Å². The average molecular weight is 383 g/mol. The monoisotopic (exact) mass is 383 g/mol. The molecule has 0 spiro atoms. The minimum Gasteiger partial charge on any atom is -0.461 e. The zero-order valence-electron chi connectivity index (χ0n) is 13.3. The molecular formula is C16H12F3N3O3S. The molecule has 0 saturated carbocycles. The molecule has 10 heteroatoms. The molecule has 1 aromatic carbocycles. The number of thiazole rings is 1. The Hall–Kier alpha value is -2.88. The van der Waals surface area contributed by atoms with Crippen molar-refractivity contribution < 1.29 is 27.2 Å². The van der Waals surface area contributed by atoms with Gasteiger partial charge in [0.15, 0.2) is 16.6 Å². The molecule has 0 amide bonds. The number of hydrogen-bond donors (Lipinski definition) is 1. The van der Waals surface area contributed by atoms with Crippen LogP contribution in [0, 0.1) is 0 Å². The summed E-state index contributed by atoms with van der Waals surface area (Å²) in [5.41, 5.74) is -0.0890. The summed E-state index contributed by atoms with van der Waals surface area (Å²) in [6.07, 6.45) is -4.42. The lowest BCUT2D eigenvalue weighted by Crippen LogP contribution is -2.05. The molecule has 0 aliphatic rings. The summed E-state index contributed by atoms with van der Waals surface area (Å²) in [6.45, 7) is 1.88. The highest BCUT2D eigenvalue weighted by Crippen LogP contribution is 2.32. The maximum absolute atomic E-state index is 12.8. The average Bonchev–Trinajstić information content (AvgIpc) is 3.23. The highest BCUT2D eigenvalue weighted by Gasteiger charge is 2.30. The van der Waals surface area contributed by atoms with Crippen LogP contribution in [0.4, 0.5) is 24.0 Å². The zero-order valence-corrected chi connectivity index (χ0v) is 14.1. The number of anilines is 2. The third kappa shape index (κ3) is 4.02. The fourth-order valence-electron chi connectivity index (χ4n) is 2.04. The number of aromatic nitrogens is 2. The quantitative estimate of drug-likeness (QED) is 0.642. The van der Waals surface area contributed by atoms with E-state index in [9.17, 15) is 18.0 Å². The molecule has 3 rings (SSSR count). The second-order valence-electron chi connectivity index (χ2n) is 5.04. The molecule has 0 fully saturated rings. The Balaban J connectivity index is 1.76. The maximum Gasteiger partial charge on any atom is 0.416 e. The van der Waals surface area contributed by atoms with Gasteiger partial charge in [-0.05, 0) is 25.1 Å². The van der Waals surface area contributed by atoms with Gasteiger partial charge in [-0.1, -0.05) is 11.2 Å². The van der Waals surface area contributed by atoms with Gasteiger partial charge in [-0.2, -0.15) is 13.2 Å². The number of nitrogens with zero attached hydrogens (tertiary/aromatic N) is 2. The first-order chi connectivity index (χ1) is 12.4. The van der Waals surface area contributed by atoms with Crippen LogP contribution in [0.5, 0.6) is 0 Å². The molecule has 2 aromatic heterocycles. The highest BCUT2D eigenvalue weighted by atomic mass is 32.1. The Morgan fingerprint density at radius 1 is 1.35 bits per heavy atom. The van der Waals surface area contributed by atoms with Gasteiger partial charge in [0.25, 0.3) is 0 Å². The predicted octanol–water partition coefficient (Wildman–Crippen LogP) is 4.74. The van der Waals surface area contributed by atoms with E-state index in [1.54, 1.807) is 12.3 Å². The number of alkyl halides is 3. The Morgan fingerprint density at radius 2 is 2.15 bits per heavy atom. The van der Waals surface area contributed by atoms with Crippen LogP contribution in [-0.4, -0.2) is 22.7 Å². The van der Waals surface area contributed by atoms with Crippen LogP contribution >= 0.6 is 11.3 Å².